The van der Waals surface area contributed by atoms with E-state index in [-0.39, 0.29) is 0 Å². The fourth-order valence-corrected chi connectivity index (χ4v) is 9.28. The quantitative estimate of drug-likeness (QED) is 0.164. The number of nitrogens with zero attached hydrogens (tertiary/aromatic N) is 1. The van der Waals surface area contributed by atoms with Gasteiger partial charge < -0.3 is 9.32 Å². The highest BCUT2D eigenvalue weighted by Crippen LogP contribution is 2.49. The molecule has 58 heavy (non-hydrogen) atoms. The van der Waals surface area contributed by atoms with Gasteiger partial charge in [0.1, 0.15) is 11.2 Å². The SMILES string of the molecule is c1cc(-c2ccc3ccccc3c2)cc(N(c2ccc3c(-c4cc5ccccc5c5ccccc45)cccc3c2)c2c3ccccc3cc3oc4ccccc4c23)c1. The molecule has 1 heterocycles. The van der Waals surface area contributed by atoms with Crippen molar-refractivity contribution in [1.29, 1.82) is 0 Å². The lowest BCUT2D eigenvalue weighted by Gasteiger charge is -2.28. The summed E-state index contributed by atoms with van der Waals surface area (Å²) in [5, 5.41) is 14.4. The topological polar surface area (TPSA) is 16.4 Å². The van der Waals surface area contributed by atoms with Crippen LogP contribution in [0.1, 0.15) is 0 Å². The highest BCUT2D eigenvalue weighted by atomic mass is 16.3. The van der Waals surface area contributed by atoms with Crippen molar-refractivity contribution in [2.45, 2.75) is 0 Å². The third-order valence-corrected chi connectivity index (χ3v) is 12.0. The summed E-state index contributed by atoms with van der Waals surface area (Å²) in [5.41, 5.74) is 9.82. The van der Waals surface area contributed by atoms with E-state index in [1.165, 1.54) is 59.8 Å². The van der Waals surface area contributed by atoms with Crippen molar-refractivity contribution in [2.24, 2.45) is 0 Å². The van der Waals surface area contributed by atoms with Gasteiger partial charge in [-0.05, 0) is 119 Å². The molecule has 2 nitrogen and oxygen atoms in total. The second-order valence-corrected chi connectivity index (χ2v) is 15.3. The zero-order valence-electron chi connectivity index (χ0n) is 31.6. The fourth-order valence-electron chi connectivity index (χ4n) is 9.28. The standard InChI is InChI=1S/C56H35NO/c1-2-14-37-31-39(28-27-36(37)13-1)38-17-11-19-43(32-38)57(56-47-21-6-4-16-42(47)35-54-55(56)51-24-9-10-26-53(51)58-54)44-29-30-46-40(33-44)18-12-25-49(46)52-34-41-15-3-5-20-45(41)48-22-7-8-23-50(48)52/h1-35H. The molecule has 270 valence electrons. The molecule has 0 aliphatic rings. The van der Waals surface area contributed by atoms with Crippen LogP contribution in [0, 0.1) is 0 Å². The first kappa shape index (κ1) is 32.6. The van der Waals surface area contributed by atoms with Gasteiger partial charge in [0.25, 0.3) is 0 Å². The van der Waals surface area contributed by atoms with Crippen LogP contribution in [0.2, 0.25) is 0 Å². The lowest BCUT2D eigenvalue weighted by Crippen LogP contribution is -2.11. The zero-order chi connectivity index (χ0) is 38.2. The smallest absolute Gasteiger partial charge is 0.138 e. The minimum absolute atomic E-state index is 0.872. The van der Waals surface area contributed by atoms with Gasteiger partial charge >= 0.3 is 0 Å². The van der Waals surface area contributed by atoms with Crippen LogP contribution in [-0.4, -0.2) is 0 Å². The van der Waals surface area contributed by atoms with Gasteiger partial charge in [-0.2, -0.15) is 0 Å². The zero-order valence-corrected chi connectivity index (χ0v) is 31.6. The predicted molar refractivity (Wildman–Crippen MR) is 247 cm³/mol. The number of para-hydroxylation sites is 1. The normalized spacial score (nSPS) is 11.8. The fraction of sp³-hybridized carbons (Fsp3) is 0. The maximum absolute atomic E-state index is 6.63. The van der Waals surface area contributed by atoms with Gasteiger partial charge in [-0.3, -0.25) is 0 Å². The Morgan fingerprint density at radius 1 is 0.293 bits per heavy atom. The van der Waals surface area contributed by atoms with E-state index in [0.29, 0.717) is 0 Å². The Morgan fingerprint density at radius 2 is 0.914 bits per heavy atom. The summed E-state index contributed by atoms with van der Waals surface area (Å²) in [6.07, 6.45) is 0. The summed E-state index contributed by atoms with van der Waals surface area (Å²) in [6.45, 7) is 0. The van der Waals surface area contributed by atoms with Crippen LogP contribution >= 0.6 is 0 Å². The van der Waals surface area contributed by atoms with Crippen molar-refractivity contribution in [2.75, 3.05) is 4.90 Å². The third kappa shape index (κ3) is 5.12. The molecule has 12 rings (SSSR count). The molecular weight excluding hydrogens is 703 g/mol. The number of fused-ring (bicyclic) bond motifs is 9. The first-order valence-electron chi connectivity index (χ1n) is 19.9. The van der Waals surface area contributed by atoms with E-state index in [0.717, 1.165) is 55.3 Å². The number of rotatable bonds is 5. The van der Waals surface area contributed by atoms with E-state index in [1.54, 1.807) is 0 Å². The molecule has 0 aliphatic heterocycles. The summed E-state index contributed by atoms with van der Waals surface area (Å²) in [7, 11) is 0. The average molecular weight is 738 g/mol. The van der Waals surface area contributed by atoms with Crippen LogP contribution in [-0.2, 0) is 0 Å². The summed E-state index contributed by atoms with van der Waals surface area (Å²) in [4.78, 5) is 2.45. The van der Waals surface area contributed by atoms with Crippen LogP contribution in [0.3, 0.4) is 0 Å². The van der Waals surface area contributed by atoms with Crippen molar-refractivity contribution in [3.63, 3.8) is 0 Å². The Balaban J connectivity index is 1.12. The minimum atomic E-state index is 0.872. The molecule has 0 saturated carbocycles. The molecule has 0 aliphatic carbocycles. The van der Waals surface area contributed by atoms with Gasteiger partial charge in [-0.25, -0.2) is 0 Å². The molecule has 0 bridgehead atoms. The summed E-state index contributed by atoms with van der Waals surface area (Å²) < 4.78 is 6.63. The van der Waals surface area contributed by atoms with Crippen molar-refractivity contribution in [3.05, 3.63) is 212 Å². The molecule has 0 saturated heterocycles. The largest absolute Gasteiger partial charge is 0.456 e. The van der Waals surface area contributed by atoms with Gasteiger partial charge in [0.2, 0.25) is 0 Å². The van der Waals surface area contributed by atoms with E-state index in [9.17, 15) is 0 Å². The monoisotopic (exact) mass is 737 g/mol. The van der Waals surface area contributed by atoms with Gasteiger partial charge in [0.05, 0.1) is 11.1 Å². The highest BCUT2D eigenvalue weighted by molar-refractivity contribution is 6.22. The molecule has 12 aromatic rings. The van der Waals surface area contributed by atoms with E-state index < -0.39 is 0 Å². The molecule has 0 atom stereocenters. The Kier molecular flexibility index (Phi) is 7.26. The van der Waals surface area contributed by atoms with E-state index in [4.69, 9.17) is 4.42 Å². The van der Waals surface area contributed by atoms with Crippen molar-refractivity contribution in [1.82, 2.24) is 0 Å². The Morgan fingerprint density at radius 3 is 1.78 bits per heavy atom. The first-order valence-corrected chi connectivity index (χ1v) is 19.9. The summed E-state index contributed by atoms with van der Waals surface area (Å²) >= 11 is 0. The Labute approximate surface area is 335 Å². The van der Waals surface area contributed by atoms with Crippen molar-refractivity contribution in [3.8, 4) is 22.3 Å². The maximum atomic E-state index is 6.63. The van der Waals surface area contributed by atoms with Gasteiger partial charge in [0, 0.05) is 22.1 Å². The average Bonchev–Trinajstić information content (AvgIpc) is 3.66. The molecular formula is C56H35NO. The predicted octanol–water partition coefficient (Wildman–Crippen LogP) is 16.2. The second-order valence-electron chi connectivity index (χ2n) is 15.3. The molecule has 0 spiro atoms. The highest BCUT2D eigenvalue weighted by Gasteiger charge is 2.24. The van der Waals surface area contributed by atoms with Crippen LogP contribution in [0.4, 0.5) is 17.1 Å². The van der Waals surface area contributed by atoms with Crippen molar-refractivity contribution < 1.29 is 4.42 Å². The van der Waals surface area contributed by atoms with Crippen molar-refractivity contribution >= 4 is 92.9 Å². The molecule has 2 heteroatoms. The van der Waals surface area contributed by atoms with Crippen LogP contribution in [0.15, 0.2) is 217 Å². The Bertz CT molecular complexity index is 3590. The maximum Gasteiger partial charge on any atom is 0.138 e. The number of hydrogen-bond acceptors (Lipinski definition) is 2. The molecule has 0 unspecified atom stereocenters. The summed E-state index contributed by atoms with van der Waals surface area (Å²) in [5.74, 6) is 0. The second kappa shape index (κ2) is 12.9. The van der Waals surface area contributed by atoms with E-state index >= 15 is 0 Å². The third-order valence-electron chi connectivity index (χ3n) is 12.0. The number of furan rings is 1. The number of anilines is 3. The Hall–Kier alpha value is -7.68. The van der Waals surface area contributed by atoms with Crippen LogP contribution < -0.4 is 4.90 Å². The molecule has 0 fully saturated rings. The molecule has 0 N–H and O–H groups in total. The van der Waals surface area contributed by atoms with Gasteiger partial charge in [-0.1, -0.05) is 164 Å². The first-order chi connectivity index (χ1) is 28.7. The molecule has 0 radical (unpaired) electrons. The lowest BCUT2D eigenvalue weighted by molar-refractivity contribution is 0.669. The van der Waals surface area contributed by atoms with Gasteiger partial charge in [-0.15, -0.1) is 0 Å². The number of benzene rings is 11. The molecule has 1 aromatic heterocycles. The molecule has 0 amide bonds. The summed E-state index contributed by atoms with van der Waals surface area (Å²) in [6, 6.07) is 77.2. The number of hydrogen-bond donors (Lipinski definition) is 0. The van der Waals surface area contributed by atoms with Crippen LogP contribution in [0.5, 0.6) is 0 Å². The van der Waals surface area contributed by atoms with E-state index in [1.807, 2.05) is 0 Å². The van der Waals surface area contributed by atoms with Gasteiger partial charge in [0.15, 0.2) is 0 Å². The minimum Gasteiger partial charge on any atom is -0.456 e. The lowest BCUT2D eigenvalue weighted by atomic mass is 9.90. The van der Waals surface area contributed by atoms with E-state index in [2.05, 4.69) is 217 Å². The molecule has 11 aromatic carbocycles. The van der Waals surface area contributed by atoms with Crippen LogP contribution in [0.25, 0.3) is 98.1 Å².